The topological polar surface area (TPSA) is 0 Å². The van der Waals surface area contributed by atoms with Gasteiger partial charge in [0.15, 0.2) is 0 Å². The lowest BCUT2D eigenvalue weighted by atomic mass is 10.1. The molecule has 1 atom stereocenters. The van der Waals surface area contributed by atoms with Crippen LogP contribution in [-0.4, -0.2) is 17.1 Å². The predicted molar refractivity (Wildman–Crippen MR) is 58.8 cm³/mol. The van der Waals surface area contributed by atoms with E-state index in [2.05, 4.69) is 0 Å². The van der Waals surface area contributed by atoms with Gasteiger partial charge in [-0.3, -0.25) is 0 Å². The van der Waals surface area contributed by atoms with Crippen molar-refractivity contribution in [2.75, 3.05) is 11.8 Å². The molecule has 0 N–H and O–H groups in total. The fourth-order valence-electron chi connectivity index (χ4n) is 0.656. The van der Waals surface area contributed by atoms with Gasteiger partial charge < -0.3 is 0 Å². The lowest BCUT2D eigenvalue weighted by Gasteiger charge is -2.06. The molecular formula is C8H10Cl4. The van der Waals surface area contributed by atoms with Crippen LogP contribution in [0.15, 0.2) is 23.3 Å². The van der Waals surface area contributed by atoms with Crippen LogP contribution in [0.3, 0.4) is 0 Å². The number of rotatable bonds is 5. The Hall–Kier alpha value is 0.640. The minimum atomic E-state index is -0.194. The maximum Gasteiger partial charge on any atom is 0.0738 e. The Morgan fingerprint density at radius 2 is 2.00 bits per heavy atom. The van der Waals surface area contributed by atoms with Crippen LogP contribution in [0.2, 0.25) is 0 Å². The molecule has 1 unspecified atom stereocenters. The Bertz CT molecular complexity index is 162. The third-order valence-electron chi connectivity index (χ3n) is 1.27. The van der Waals surface area contributed by atoms with Crippen LogP contribution in [0.25, 0.3) is 0 Å². The monoisotopic (exact) mass is 246 g/mol. The molecule has 0 saturated heterocycles. The zero-order valence-corrected chi connectivity index (χ0v) is 9.47. The van der Waals surface area contributed by atoms with E-state index in [1.165, 1.54) is 5.54 Å². The molecule has 0 nitrogen and oxygen atoms in total. The van der Waals surface area contributed by atoms with Gasteiger partial charge in [0.1, 0.15) is 0 Å². The first-order valence-electron chi connectivity index (χ1n) is 3.48. The summed E-state index contributed by atoms with van der Waals surface area (Å²) in [6, 6.07) is 0. The van der Waals surface area contributed by atoms with Crippen molar-refractivity contribution < 1.29 is 0 Å². The number of halogens is 4. The molecule has 12 heavy (non-hydrogen) atoms. The second kappa shape index (κ2) is 8.25. The van der Waals surface area contributed by atoms with Gasteiger partial charge in [-0.2, -0.15) is 0 Å². The summed E-state index contributed by atoms with van der Waals surface area (Å²) in [5, 5.41) is -0.194. The van der Waals surface area contributed by atoms with Gasteiger partial charge in [0.05, 0.1) is 5.38 Å². The normalized spacial score (nSPS) is 15.5. The van der Waals surface area contributed by atoms with Gasteiger partial charge in [-0.15, -0.1) is 34.8 Å². The minimum absolute atomic E-state index is 0.194. The largest absolute Gasteiger partial charge is 0.126 e. The van der Waals surface area contributed by atoms with Crippen LogP contribution >= 0.6 is 46.4 Å². The van der Waals surface area contributed by atoms with E-state index in [1.54, 1.807) is 12.2 Å². The third kappa shape index (κ3) is 5.31. The van der Waals surface area contributed by atoms with Crippen molar-refractivity contribution in [3.63, 3.8) is 0 Å². The van der Waals surface area contributed by atoms with E-state index in [1.807, 2.05) is 0 Å². The fourth-order valence-corrected chi connectivity index (χ4v) is 1.56. The fraction of sp³-hybridized carbons (Fsp3) is 0.500. The summed E-state index contributed by atoms with van der Waals surface area (Å²) < 4.78 is 0. The highest BCUT2D eigenvalue weighted by atomic mass is 35.5. The average Bonchev–Trinajstić information content (AvgIpc) is 2.10. The molecule has 0 spiro atoms. The third-order valence-corrected chi connectivity index (χ3v) is 2.34. The van der Waals surface area contributed by atoms with Gasteiger partial charge in [0.2, 0.25) is 0 Å². The number of hydrogen-bond acceptors (Lipinski definition) is 0. The Morgan fingerprint density at radius 3 is 2.42 bits per heavy atom. The summed E-state index contributed by atoms with van der Waals surface area (Å²) >= 11 is 22.5. The van der Waals surface area contributed by atoms with Crippen molar-refractivity contribution in [1.82, 2.24) is 0 Å². The first kappa shape index (κ1) is 12.6. The van der Waals surface area contributed by atoms with E-state index >= 15 is 0 Å². The molecular weight excluding hydrogens is 238 g/mol. The summed E-state index contributed by atoms with van der Waals surface area (Å²) in [6.45, 7) is 0. The van der Waals surface area contributed by atoms with Crippen LogP contribution in [0.4, 0.5) is 0 Å². The smallest absolute Gasteiger partial charge is 0.0738 e. The summed E-state index contributed by atoms with van der Waals surface area (Å²) in [6.07, 6.45) is 4.29. The molecule has 0 aliphatic heterocycles. The zero-order chi connectivity index (χ0) is 9.40. The first-order valence-corrected chi connectivity index (χ1v) is 5.42. The van der Waals surface area contributed by atoms with Crippen molar-refractivity contribution in [3.8, 4) is 0 Å². The standard InChI is InChI=1S/C8H10Cl4/c9-4-1-2-8(12)7(6-11)3-5-10/h1-2,6,8H,3-5H2/b2-1+,7-6+. The summed E-state index contributed by atoms with van der Waals surface area (Å²) in [5.41, 5.74) is 2.38. The van der Waals surface area contributed by atoms with Crippen LogP contribution in [0.5, 0.6) is 0 Å². The van der Waals surface area contributed by atoms with Gasteiger partial charge in [0, 0.05) is 17.3 Å². The molecule has 0 radical (unpaired) electrons. The molecule has 0 rings (SSSR count). The van der Waals surface area contributed by atoms with Crippen LogP contribution in [0, 0.1) is 0 Å². The maximum absolute atomic E-state index is 5.95. The minimum Gasteiger partial charge on any atom is -0.126 e. The predicted octanol–water partition coefficient (Wildman–Crippen LogP) is 4.14. The van der Waals surface area contributed by atoms with Gasteiger partial charge in [-0.25, -0.2) is 0 Å². The van der Waals surface area contributed by atoms with E-state index in [-0.39, 0.29) is 5.38 Å². The molecule has 0 aromatic carbocycles. The molecule has 70 valence electrons. The summed E-state index contributed by atoms with van der Waals surface area (Å²) in [5.74, 6) is 0.982. The van der Waals surface area contributed by atoms with Crippen molar-refractivity contribution >= 4 is 46.4 Å². The van der Waals surface area contributed by atoms with Gasteiger partial charge >= 0.3 is 0 Å². The second-order valence-electron chi connectivity index (χ2n) is 2.11. The second-order valence-corrected chi connectivity index (χ2v) is 3.48. The quantitative estimate of drug-likeness (QED) is 0.506. The van der Waals surface area contributed by atoms with Crippen LogP contribution in [0.1, 0.15) is 6.42 Å². The molecule has 0 fully saturated rings. The van der Waals surface area contributed by atoms with Gasteiger partial charge in [-0.05, 0) is 12.0 Å². The Morgan fingerprint density at radius 1 is 1.33 bits per heavy atom. The number of hydrogen-bond donors (Lipinski definition) is 0. The summed E-state index contributed by atoms with van der Waals surface area (Å²) in [4.78, 5) is 0. The van der Waals surface area contributed by atoms with Crippen LogP contribution in [-0.2, 0) is 0 Å². The maximum atomic E-state index is 5.95. The van der Waals surface area contributed by atoms with E-state index in [4.69, 9.17) is 46.4 Å². The van der Waals surface area contributed by atoms with Crippen molar-refractivity contribution in [2.24, 2.45) is 0 Å². The molecule has 0 amide bonds. The lowest BCUT2D eigenvalue weighted by Crippen LogP contribution is -1.99. The Kier molecular flexibility index (Phi) is 8.69. The Balaban J connectivity index is 4.03. The molecule has 0 aliphatic rings. The average molecular weight is 248 g/mol. The highest BCUT2D eigenvalue weighted by molar-refractivity contribution is 6.28. The van der Waals surface area contributed by atoms with E-state index < -0.39 is 0 Å². The van der Waals surface area contributed by atoms with Crippen LogP contribution < -0.4 is 0 Å². The van der Waals surface area contributed by atoms with E-state index in [0.29, 0.717) is 18.2 Å². The van der Waals surface area contributed by atoms with Gasteiger partial charge in [-0.1, -0.05) is 23.8 Å². The highest BCUT2D eigenvalue weighted by Gasteiger charge is 2.05. The molecule has 4 heteroatoms. The van der Waals surface area contributed by atoms with E-state index in [0.717, 1.165) is 5.57 Å². The molecule has 0 bridgehead atoms. The van der Waals surface area contributed by atoms with Gasteiger partial charge in [0.25, 0.3) is 0 Å². The van der Waals surface area contributed by atoms with Crippen molar-refractivity contribution in [3.05, 3.63) is 23.3 Å². The zero-order valence-electron chi connectivity index (χ0n) is 6.44. The number of alkyl halides is 3. The highest BCUT2D eigenvalue weighted by Crippen LogP contribution is 2.17. The SMILES string of the molecule is Cl/C=C(\CCCl)C(Cl)/C=C/CCl. The van der Waals surface area contributed by atoms with Crippen molar-refractivity contribution in [2.45, 2.75) is 11.8 Å². The lowest BCUT2D eigenvalue weighted by molar-refractivity contribution is 1.05. The molecule has 0 aromatic rings. The van der Waals surface area contributed by atoms with Crippen molar-refractivity contribution in [1.29, 1.82) is 0 Å². The first-order chi connectivity index (χ1) is 5.76. The van der Waals surface area contributed by atoms with E-state index in [9.17, 15) is 0 Å². The Labute approximate surface area is 93.1 Å². The molecule has 0 saturated carbocycles. The summed E-state index contributed by atoms with van der Waals surface area (Å²) in [7, 11) is 0. The number of allylic oxidation sites excluding steroid dienone is 3. The molecule has 0 aliphatic carbocycles. The molecule has 0 heterocycles. The molecule has 0 aromatic heterocycles.